The van der Waals surface area contributed by atoms with Gasteiger partial charge in [-0.2, -0.15) is 0 Å². The van der Waals surface area contributed by atoms with Crippen LogP contribution in [0.4, 0.5) is 0 Å². The van der Waals surface area contributed by atoms with Gasteiger partial charge >= 0.3 is 0 Å². The molecule has 0 amide bonds. The molecule has 0 atom stereocenters. The Morgan fingerprint density at radius 3 is 1.20 bits per heavy atom. The van der Waals surface area contributed by atoms with Gasteiger partial charge in [-0.1, -0.05) is 27.4 Å². The van der Waals surface area contributed by atoms with Crippen LogP contribution in [-0.4, -0.2) is 18.2 Å². The molecule has 0 aromatic rings. The van der Waals surface area contributed by atoms with Gasteiger partial charge in [0.15, 0.2) is 0 Å². The van der Waals surface area contributed by atoms with E-state index in [1.807, 2.05) is 0 Å². The molecule has 2 saturated carbocycles. The molecule has 0 unspecified atom stereocenters. The van der Waals surface area contributed by atoms with Gasteiger partial charge in [-0.25, -0.2) is 0 Å². The summed E-state index contributed by atoms with van der Waals surface area (Å²) >= 11 is 0. The van der Waals surface area contributed by atoms with Gasteiger partial charge in [0.1, 0.15) is 0 Å². The Labute approximate surface area is 123 Å². The van der Waals surface area contributed by atoms with Crippen molar-refractivity contribution < 1.29 is 25.8 Å². The van der Waals surface area contributed by atoms with Gasteiger partial charge in [0.05, 0.1) is 12.1 Å². The minimum atomic E-state index is -4.15. The topological polar surface area (TPSA) is 118 Å². The van der Waals surface area contributed by atoms with Gasteiger partial charge < -0.3 is 25.8 Å². The summed E-state index contributed by atoms with van der Waals surface area (Å²) in [4.78, 5) is 18.9. The van der Waals surface area contributed by atoms with Crippen LogP contribution in [-0.2, 0) is 4.57 Å². The normalized spacial score (nSPS) is 21.2. The lowest BCUT2D eigenvalue weighted by atomic mass is 9.97. The molecule has 2 fully saturated rings. The smallest absolute Gasteiger partial charge is 0.0843 e. The SMILES string of the molecule is CCP(=O)([O-])[O-].[NH3+]C1CCCCC1.[NH3+]C1CCCCC1. The van der Waals surface area contributed by atoms with Gasteiger partial charge in [-0.15, -0.1) is 0 Å². The predicted octanol–water partition coefficient (Wildman–Crippen LogP) is 0.0420. The molecule has 0 aromatic heterocycles. The molecule has 2 rings (SSSR count). The van der Waals surface area contributed by atoms with Crippen LogP contribution in [0, 0.1) is 0 Å². The van der Waals surface area contributed by atoms with Crippen LogP contribution in [0.5, 0.6) is 0 Å². The quantitative estimate of drug-likeness (QED) is 0.666. The van der Waals surface area contributed by atoms with E-state index in [1.165, 1.54) is 71.1 Å². The molecule has 0 spiro atoms. The van der Waals surface area contributed by atoms with Gasteiger partial charge in [-0.3, -0.25) is 0 Å². The van der Waals surface area contributed by atoms with Crippen LogP contribution in [0.1, 0.15) is 71.1 Å². The van der Waals surface area contributed by atoms with Crippen LogP contribution in [0.25, 0.3) is 0 Å². The zero-order chi connectivity index (χ0) is 15.4. The molecule has 0 aromatic carbocycles. The summed E-state index contributed by atoms with van der Waals surface area (Å²) in [6.45, 7) is 1.32. The summed E-state index contributed by atoms with van der Waals surface area (Å²) in [6, 6.07) is 1.57. The summed E-state index contributed by atoms with van der Waals surface area (Å²) in [6.07, 6.45) is 13.8. The van der Waals surface area contributed by atoms with E-state index in [0.29, 0.717) is 0 Å². The van der Waals surface area contributed by atoms with Crippen molar-refractivity contribution in [3.63, 3.8) is 0 Å². The van der Waals surface area contributed by atoms with Crippen molar-refractivity contribution in [3.8, 4) is 0 Å². The van der Waals surface area contributed by atoms with E-state index in [2.05, 4.69) is 11.5 Å². The van der Waals surface area contributed by atoms with Crippen LogP contribution in [0.3, 0.4) is 0 Å². The predicted molar refractivity (Wildman–Crippen MR) is 77.7 cm³/mol. The van der Waals surface area contributed by atoms with E-state index in [4.69, 9.17) is 0 Å². The molecule has 6 heteroatoms. The monoisotopic (exact) mass is 308 g/mol. The lowest BCUT2D eigenvalue weighted by Gasteiger charge is -2.26. The van der Waals surface area contributed by atoms with Crippen molar-refractivity contribution in [1.29, 1.82) is 0 Å². The van der Waals surface area contributed by atoms with Crippen LogP contribution in [0.2, 0.25) is 0 Å². The van der Waals surface area contributed by atoms with Crippen LogP contribution >= 0.6 is 7.60 Å². The third-order valence-electron chi connectivity index (χ3n) is 3.84. The van der Waals surface area contributed by atoms with E-state index >= 15 is 0 Å². The molecule has 122 valence electrons. The Morgan fingerprint density at radius 2 is 1.10 bits per heavy atom. The van der Waals surface area contributed by atoms with Gasteiger partial charge in [0.25, 0.3) is 0 Å². The summed E-state index contributed by atoms with van der Waals surface area (Å²) in [5.41, 5.74) is 8.00. The van der Waals surface area contributed by atoms with E-state index in [1.54, 1.807) is 0 Å². The lowest BCUT2D eigenvalue weighted by Crippen LogP contribution is -2.61. The summed E-state index contributed by atoms with van der Waals surface area (Å²) in [5.74, 6) is 0. The van der Waals surface area contributed by atoms with Crippen LogP contribution < -0.4 is 21.3 Å². The maximum absolute atomic E-state index is 9.47. The summed E-state index contributed by atoms with van der Waals surface area (Å²) in [7, 11) is -4.15. The molecule has 0 bridgehead atoms. The standard InChI is InChI=1S/2C6H13N.C2H7O3P/c2*7-6-4-2-1-3-5-6;1-2-6(3,4)5/h2*6H,1-5,7H2;2H2,1H3,(H2,3,4,5). The molecule has 2 aliphatic carbocycles. The second-order valence-electron chi connectivity index (χ2n) is 5.94. The van der Waals surface area contributed by atoms with E-state index in [-0.39, 0.29) is 6.16 Å². The first-order valence-corrected chi connectivity index (χ1v) is 9.75. The Hall–Kier alpha value is 0.0700. The average Bonchev–Trinajstić information content (AvgIpc) is 2.41. The second kappa shape index (κ2) is 11.7. The maximum Gasteiger partial charge on any atom is 0.0843 e. The molecular weight excluding hydrogens is 275 g/mol. The van der Waals surface area contributed by atoms with Crippen molar-refractivity contribution in [3.05, 3.63) is 0 Å². The Bertz CT molecular complexity index is 243. The first-order valence-electron chi connectivity index (χ1n) is 8.02. The van der Waals surface area contributed by atoms with Crippen molar-refractivity contribution >= 4 is 7.60 Å². The third kappa shape index (κ3) is 14.5. The van der Waals surface area contributed by atoms with E-state index in [9.17, 15) is 14.4 Å². The van der Waals surface area contributed by atoms with Crippen molar-refractivity contribution in [2.24, 2.45) is 0 Å². The highest BCUT2D eigenvalue weighted by Gasteiger charge is 2.10. The molecule has 0 saturated heterocycles. The molecule has 5 nitrogen and oxygen atoms in total. The lowest BCUT2D eigenvalue weighted by molar-refractivity contribution is -0.425. The average molecular weight is 308 g/mol. The Morgan fingerprint density at radius 1 is 0.850 bits per heavy atom. The summed E-state index contributed by atoms with van der Waals surface area (Å²) < 4.78 is 9.47. The maximum atomic E-state index is 9.47. The Kier molecular flexibility index (Phi) is 11.7. The number of quaternary nitrogens is 2. The number of rotatable bonds is 1. The summed E-state index contributed by atoms with van der Waals surface area (Å²) in [5, 5.41) is 0. The number of hydrogen-bond donors (Lipinski definition) is 2. The Balaban J connectivity index is 0.000000272. The minimum Gasteiger partial charge on any atom is -0.811 e. The molecule has 6 N–H and O–H groups in total. The van der Waals surface area contributed by atoms with Gasteiger partial charge in [0, 0.05) is 0 Å². The minimum absolute atomic E-state index is 0.285. The second-order valence-corrected chi connectivity index (χ2v) is 7.79. The molecule has 0 heterocycles. The van der Waals surface area contributed by atoms with E-state index < -0.39 is 7.60 Å². The molecule has 20 heavy (non-hydrogen) atoms. The van der Waals surface area contributed by atoms with Crippen molar-refractivity contribution in [2.75, 3.05) is 6.16 Å². The first-order chi connectivity index (χ1) is 9.35. The molecular formula is C14H33N2O3P. The highest BCUT2D eigenvalue weighted by atomic mass is 31.2. The molecule has 0 radical (unpaired) electrons. The fraction of sp³-hybridized carbons (Fsp3) is 1.00. The van der Waals surface area contributed by atoms with Gasteiger partial charge in [-0.05, 0) is 57.5 Å². The molecule has 0 aliphatic heterocycles. The fourth-order valence-corrected chi connectivity index (χ4v) is 2.37. The zero-order valence-corrected chi connectivity index (χ0v) is 13.9. The van der Waals surface area contributed by atoms with E-state index in [0.717, 1.165) is 12.1 Å². The van der Waals surface area contributed by atoms with Crippen molar-refractivity contribution in [2.45, 2.75) is 83.2 Å². The molecule has 2 aliphatic rings. The van der Waals surface area contributed by atoms with Gasteiger partial charge in [0.2, 0.25) is 0 Å². The number of hydrogen-bond acceptors (Lipinski definition) is 3. The third-order valence-corrected chi connectivity index (χ3v) is 4.61. The van der Waals surface area contributed by atoms with Crippen molar-refractivity contribution in [1.82, 2.24) is 0 Å². The van der Waals surface area contributed by atoms with Crippen LogP contribution in [0.15, 0.2) is 0 Å². The zero-order valence-electron chi connectivity index (χ0n) is 13.0. The highest BCUT2D eigenvalue weighted by Crippen LogP contribution is 2.20. The first kappa shape index (κ1) is 20.1. The highest BCUT2D eigenvalue weighted by molar-refractivity contribution is 7.48. The fourth-order valence-electron chi connectivity index (χ4n) is 2.37. The largest absolute Gasteiger partial charge is 0.811 e.